The Morgan fingerprint density at radius 3 is 2.81 bits per heavy atom. The monoisotopic (exact) mass is 429 g/mol. The van der Waals surface area contributed by atoms with E-state index in [4.69, 9.17) is 0 Å². The molecule has 158 valence electrons. The number of rotatable bonds is 7. The van der Waals surface area contributed by atoms with Crippen molar-refractivity contribution in [3.8, 4) is 0 Å². The van der Waals surface area contributed by atoms with E-state index < -0.39 is 0 Å². The number of nitrogens with zero attached hydrogens (tertiary/aromatic N) is 2. The normalized spacial score (nSPS) is 13.8. The Balaban J connectivity index is 1.49. The molecule has 0 aliphatic carbocycles. The van der Waals surface area contributed by atoms with Crippen LogP contribution in [0.1, 0.15) is 24.5 Å². The van der Waals surface area contributed by atoms with Crippen LogP contribution in [-0.2, 0) is 0 Å². The van der Waals surface area contributed by atoms with Gasteiger partial charge in [-0.25, -0.2) is 4.98 Å². The van der Waals surface area contributed by atoms with E-state index in [2.05, 4.69) is 80.7 Å². The second-order valence-corrected chi connectivity index (χ2v) is 8.30. The second kappa shape index (κ2) is 10.3. The van der Waals surface area contributed by atoms with Crippen molar-refractivity contribution in [3.05, 3.63) is 83.4 Å². The van der Waals surface area contributed by atoms with Crippen LogP contribution < -0.4 is 16.0 Å². The first kappa shape index (κ1) is 21.2. The van der Waals surface area contributed by atoms with Crippen LogP contribution in [0.3, 0.4) is 0 Å². The molecule has 2 heterocycles. The molecule has 6 heteroatoms. The van der Waals surface area contributed by atoms with E-state index in [0.29, 0.717) is 5.95 Å². The maximum Gasteiger partial charge on any atom is 0.229 e. The molecule has 0 unspecified atom stereocenters. The molecule has 3 N–H and O–H groups in total. The van der Waals surface area contributed by atoms with Gasteiger partial charge in [-0.1, -0.05) is 42.1 Å². The quantitative estimate of drug-likeness (QED) is 0.385. The van der Waals surface area contributed by atoms with Crippen LogP contribution >= 0.6 is 11.8 Å². The minimum absolute atomic E-state index is 0.567. The lowest BCUT2D eigenvalue weighted by molar-refractivity contribution is 0.738. The molecule has 2 aromatic carbocycles. The van der Waals surface area contributed by atoms with Gasteiger partial charge in [-0.05, 0) is 79.3 Å². The summed E-state index contributed by atoms with van der Waals surface area (Å²) in [5.41, 5.74) is 5.86. The van der Waals surface area contributed by atoms with Crippen molar-refractivity contribution in [2.75, 3.05) is 23.7 Å². The smallest absolute Gasteiger partial charge is 0.229 e. The topological polar surface area (TPSA) is 61.9 Å². The standard InChI is InChI=1S/C25H27N5S/c1-3-15-31-23-17-22(8-7-18(23)2)28-24-11-14-27-25(30-24)29-21-6-4-5-20(16-21)19-9-12-26-13-10-19/h3-9,11,14-17,26H,10,12-13H2,1-2H3,(H2,27,28,29,30)/b15-3-. The fourth-order valence-electron chi connectivity index (χ4n) is 3.39. The predicted molar refractivity (Wildman–Crippen MR) is 132 cm³/mol. The van der Waals surface area contributed by atoms with Gasteiger partial charge in [0, 0.05) is 29.0 Å². The van der Waals surface area contributed by atoms with E-state index in [9.17, 15) is 0 Å². The number of anilines is 4. The Kier molecular flexibility index (Phi) is 7.02. The summed E-state index contributed by atoms with van der Waals surface area (Å²) in [5, 5.41) is 12.2. The lowest BCUT2D eigenvalue weighted by atomic mass is 10.00. The lowest BCUT2D eigenvalue weighted by Crippen LogP contribution is -2.20. The Labute approximate surface area is 188 Å². The first-order valence-corrected chi connectivity index (χ1v) is 11.3. The molecule has 0 atom stereocenters. The molecule has 3 aromatic rings. The third kappa shape index (κ3) is 5.75. The Morgan fingerprint density at radius 1 is 1.06 bits per heavy atom. The summed E-state index contributed by atoms with van der Waals surface area (Å²) in [5.74, 6) is 1.32. The highest BCUT2D eigenvalue weighted by molar-refractivity contribution is 8.02. The molecule has 0 amide bonds. The highest BCUT2D eigenvalue weighted by Crippen LogP contribution is 2.28. The first-order chi connectivity index (χ1) is 15.2. The van der Waals surface area contributed by atoms with Gasteiger partial charge in [0.25, 0.3) is 0 Å². The Morgan fingerprint density at radius 2 is 1.97 bits per heavy atom. The highest BCUT2D eigenvalue weighted by Gasteiger charge is 2.08. The number of aromatic nitrogens is 2. The molecule has 0 radical (unpaired) electrons. The number of hydrogen-bond donors (Lipinski definition) is 3. The van der Waals surface area contributed by atoms with Crippen LogP contribution in [0, 0.1) is 6.92 Å². The van der Waals surface area contributed by atoms with Crippen LogP contribution in [0.15, 0.2) is 77.2 Å². The number of thioether (sulfide) groups is 1. The van der Waals surface area contributed by atoms with Crippen LogP contribution in [0.5, 0.6) is 0 Å². The molecule has 0 saturated carbocycles. The molecule has 4 rings (SSSR count). The predicted octanol–water partition coefficient (Wildman–Crippen LogP) is 6.27. The van der Waals surface area contributed by atoms with E-state index in [1.807, 2.05) is 25.1 Å². The highest BCUT2D eigenvalue weighted by atomic mass is 32.2. The molecular formula is C25H27N5S. The van der Waals surface area contributed by atoms with Gasteiger partial charge in [0.1, 0.15) is 5.82 Å². The van der Waals surface area contributed by atoms with Crippen molar-refractivity contribution in [1.82, 2.24) is 15.3 Å². The van der Waals surface area contributed by atoms with Crippen molar-refractivity contribution in [1.29, 1.82) is 0 Å². The summed E-state index contributed by atoms with van der Waals surface area (Å²) in [4.78, 5) is 10.3. The average Bonchev–Trinajstić information content (AvgIpc) is 2.80. The number of benzene rings is 2. The van der Waals surface area contributed by atoms with Gasteiger partial charge in [0.2, 0.25) is 5.95 Å². The number of allylic oxidation sites excluding steroid dienone is 1. The Bertz CT molecular complexity index is 1110. The summed E-state index contributed by atoms with van der Waals surface area (Å²) >= 11 is 1.72. The molecule has 0 spiro atoms. The summed E-state index contributed by atoms with van der Waals surface area (Å²) in [6, 6.07) is 16.6. The summed E-state index contributed by atoms with van der Waals surface area (Å²) < 4.78 is 0. The number of aryl methyl sites for hydroxylation is 1. The summed E-state index contributed by atoms with van der Waals surface area (Å²) in [7, 11) is 0. The number of hydrogen-bond acceptors (Lipinski definition) is 6. The van der Waals surface area contributed by atoms with Crippen LogP contribution in [0.4, 0.5) is 23.1 Å². The van der Waals surface area contributed by atoms with Gasteiger partial charge < -0.3 is 16.0 Å². The zero-order chi connectivity index (χ0) is 21.5. The fourth-order valence-corrected chi connectivity index (χ4v) is 4.12. The van der Waals surface area contributed by atoms with Gasteiger partial charge >= 0.3 is 0 Å². The van der Waals surface area contributed by atoms with Gasteiger partial charge in [0.05, 0.1) is 0 Å². The molecule has 0 bridgehead atoms. The third-order valence-electron chi connectivity index (χ3n) is 5.00. The molecule has 1 aliphatic heterocycles. The zero-order valence-corrected chi connectivity index (χ0v) is 18.7. The SMILES string of the molecule is C/C=C\Sc1cc(Nc2ccnc(Nc3cccc(C4=CCNCC4)c3)n2)ccc1C. The lowest BCUT2D eigenvalue weighted by Gasteiger charge is -2.15. The summed E-state index contributed by atoms with van der Waals surface area (Å²) in [6.45, 7) is 6.10. The molecule has 1 aliphatic rings. The van der Waals surface area contributed by atoms with E-state index in [0.717, 1.165) is 36.7 Å². The molecule has 1 aromatic heterocycles. The van der Waals surface area contributed by atoms with Crippen molar-refractivity contribution >= 4 is 40.5 Å². The fraction of sp³-hybridized carbons (Fsp3) is 0.200. The maximum absolute atomic E-state index is 4.64. The van der Waals surface area contributed by atoms with Crippen molar-refractivity contribution < 1.29 is 0 Å². The van der Waals surface area contributed by atoms with Gasteiger partial charge in [-0.3, -0.25) is 0 Å². The third-order valence-corrected chi connectivity index (χ3v) is 6.10. The summed E-state index contributed by atoms with van der Waals surface area (Å²) in [6.07, 6.45) is 7.11. The van der Waals surface area contributed by atoms with Crippen molar-refractivity contribution in [3.63, 3.8) is 0 Å². The van der Waals surface area contributed by atoms with Crippen molar-refractivity contribution in [2.45, 2.75) is 25.2 Å². The zero-order valence-electron chi connectivity index (χ0n) is 17.9. The molecule has 0 fully saturated rings. The minimum atomic E-state index is 0.567. The van der Waals surface area contributed by atoms with E-state index in [1.165, 1.54) is 21.6 Å². The van der Waals surface area contributed by atoms with Crippen molar-refractivity contribution in [2.24, 2.45) is 0 Å². The Hall–Kier alpha value is -3.09. The first-order valence-electron chi connectivity index (χ1n) is 10.5. The van der Waals surface area contributed by atoms with Crippen LogP contribution in [-0.4, -0.2) is 23.1 Å². The molecule has 31 heavy (non-hydrogen) atoms. The second-order valence-electron chi connectivity index (χ2n) is 7.35. The van der Waals surface area contributed by atoms with Gasteiger partial charge in [-0.15, -0.1) is 0 Å². The van der Waals surface area contributed by atoms with E-state index in [1.54, 1.807) is 18.0 Å². The molecule has 0 saturated heterocycles. The van der Waals surface area contributed by atoms with Gasteiger partial charge in [-0.2, -0.15) is 4.98 Å². The van der Waals surface area contributed by atoms with Gasteiger partial charge in [0.15, 0.2) is 0 Å². The van der Waals surface area contributed by atoms with E-state index >= 15 is 0 Å². The van der Waals surface area contributed by atoms with Crippen LogP contribution in [0.25, 0.3) is 5.57 Å². The number of nitrogens with one attached hydrogen (secondary N) is 3. The molecular weight excluding hydrogens is 402 g/mol. The van der Waals surface area contributed by atoms with Crippen LogP contribution in [0.2, 0.25) is 0 Å². The maximum atomic E-state index is 4.64. The largest absolute Gasteiger partial charge is 0.340 e. The molecule has 5 nitrogen and oxygen atoms in total. The minimum Gasteiger partial charge on any atom is -0.340 e. The average molecular weight is 430 g/mol. The van der Waals surface area contributed by atoms with E-state index in [-0.39, 0.29) is 0 Å².